The molecule has 0 aromatic heterocycles. The molecule has 0 bridgehead atoms. The van der Waals surface area contributed by atoms with Gasteiger partial charge in [0.1, 0.15) is 0 Å². The fourth-order valence-electron chi connectivity index (χ4n) is 2.47. The molecule has 1 atom stereocenters. The standard InChI is InChI=1S/C15H21BrN2O/c1-18(15(19)13-6-4-9-17-11-13)10-8-12-5-2-3-7-14(12)16/h2-3,5,7,13,17H,4,6,8-11H2,1H3. The smallest absolute Gasteiger partial charge is 0.226 e. The highest BCUT2D eigenvalue weighted by molar-refractivity contribution is 9.10. The molecule has 1 aromatic rings. The van der Waals surface area contributed by atoms with Crippen LogP contribution in [0.1, 0.15) is 18.4 Å². The molecule has 1 saturated heterocycles. The number of benzene rings is 1. The average molecular weight is 325 g/mol. The highest BCUT2D eigenvalue weighted by Gasteiger charge is 2.23. The van der Waals surface area contributed by atoms with E-state index < -0.39 is 0 Å². The van der Waals surface area contributed by atoms with Crippen LogP contribution in [-0.4, -0.2) is 37.5 Å². The zero-order chi connectivity index (χ0) is 13.7. The van der Waals surface area contributed by atoms with Gasteiger partial charge in [0.05, 0.1) is 5.92 Å². The van der Waals surface area contributed by atoms with Crippen LogP contribution in [0.25, 0.3) is 0 Å². The van der Waals surface area contributed by atoms with Crippen molar-refractivity contribution in [3.8, 4) is 0 Å². The van der Waals surface area contributed by atoms with E-state index in [0.717, 1.165) is 43.4 Å². The maximum atomic E-state index is 12.3. The van der Waals surface area contributed by atoms with Crippen LogP contribution in [0.15, 0.2) is 28.7 Å². The van der Waals surface area contributed by atoms with Gasteiger partial charge < -0.3 is 10.2 Å². The summed E-state index contributed by atoms with van der Waals surface area (Å²) in [6, 6.07) is 8.19. The van der Waals surface area contributed by atoms with Crippen LogP contribution in [0.4, 0.5) is 0 Å². The Morgan fingerprint density at radius 1 is 1.47 bits per heavy atom. The topological polar surface area (TPSA) is 32.3 Å². The minimum absolute atomic E-state index is 0.165. The lowest BCUT2D eigenvalue weighted by Gasteiger charge is -2.27. The van der Waals surface area contributed by atoms with Gasteiger partial charge in [0, 0.05) is 24.6 Å². The van der Waals surface area contributed by atoms with Crippen molar-refractivity contribution >= 4 is 21.8 Å². The first kappa shape index (κ1) is 14.5. The number of carbonyl (C=O) groups is 1. The van der Waals surface area contributed by atoms with Crippen molar-refractivity contribution in [3.05, 3.63) is 34.3 Å². The Balaban J connectivity index is 1.85. The number of hydrogen-bond donors (Lipinski definition) is 1. The molecule has 1 amide bonds. The molecular formula is C15H21BrN2O. The molecule has 1 unspecified atom stereocenters. The molecule has 1 heterocycles. The van der Waals surface area contributed by atoms with Crippen molar-refractivity contribution in [2.75, 3.05) is 26.7 Å². The summed E-state index contributed by atoms with van der Waals surface area (Å²) in [4.78, 5) is 14.2. The van der Waals surface area contributed by atoms with Crippen molar-refractivity contribution in [1.82, 2.24) is 10.2 Å². The molecule has 0 radical (unpaired) electrons. The van der Waals surface area contributed by atoms with Crippen LogP contribution in [0.3, 0.4) is 0 Å². The molecule has 1 N–H and O–H groups in total. The highest BCUT2D eigenvalue weighted by atomic mass is 79.9. The first-order valence-electron chi connectivity index (χ1n) is 6.87. The first-order chi connectivity index (χ1) is 9.18. The molecule has 0 saturated carbocycles. The Labute approximate surface area is 123 Å². The van der Waals surface area contributed by atoms with Crippen LogP contribution >= 0.6 is 15.9 Å². The maximum absolute atomic E-state index is 12.3. The molecule has 0 aliphatic carbocycles. The van der Waals surface area contributed by atoms with Gasteiger partial charge in [0.25, 0.3) is 0 Å². The fourth-order valence-corrected chi connectivity index (χ4v) is 2.96. The zero-order valence-corrected chi connectivity index (χ0v) is 12.9. The van der Waals surface area contributed by atoms with Gasteiger partial charge in [-0.25, -0.2) is 0 Å². The molecule has 1 aromatic carbocycles. The summed E-state index contributed by atoms with van der Waals surface area (Å²) in [5.74, 6) is 0.442. The van der Waals surface area contributed by atoms with E-state index in [4.69, 9.17) is 0 Å². The SMILES string of the molecule is CN(CCc1ccccc1Br)C(=O)C1CCCNC1. The number of halogens is 1. The summed E-state index contributed by atoms with van der Waals surface area (Å²) in [6.07, 6.45) is 3.02. The number of amides is 1. The Morgan fingerprint density at radius 3 is 2.95 bits per heavy atom. The summed E-state index contributed by atoms with van der Waals surface area (Å²) in [6.45, 7) is 2.65. The van der Waals surface area contributed by atoms with Gasteiger partial charge >= 0.3 is 0 Å². The van der Waals surface area contributed by atoms with Crippen LogP contribution in [0.5, 0.6) is 0 Å². The molecule has 0 spiro atoms. The van der Waals surface area contributed by atoms with Gasteiger partial charge in [-0.15, -0.1) is 0 Å². The summed E-state index contributed by atoms with van der Waals surface area (Å²) < 4.78 is 1.12. The normalized spacial score (nSPS) is 19.2. The number of rotatable bonds is 4. The van der Waals surface area contributed by atoms with Crippen LogP contribution in [-0.2, 0) is 11.2 Å². The lowest BCUT2D eigenvalue weighted by atomic mass is 9.98. The number of nitrogens with zero attached hydrogens (tertiary/aromatic N) is 1. The Morgan fingerprint density at radius 2 is 2.26 bits per heavy atom. The lowest BCUT2D eigenvalue weighted by molar-refractivity contribution is -0.134. The predicted molar refractivity (Wildman–Crippen MR) is 81.1 cm³/mol. The van der Waals surface area contributed by atoms with Gasteiger partial charge in [0.2, 0.25) is 5.91 Å². The van der Waals surface area contributed by atoms with Gasteiger partial charge in [-0.05, 0) is 37.4 Å². The predicted octanol–water partition coefficient (Wildman–Crippen LogP) is 2.45. The summed E-state index contributed by atoms with van der Waals surface area (Å²) >= 11 is 3.55. The van der Waals surface area contributed by atoms with Crippen molar-refractivity contribution in [1.29, 1.82) is 0 Å². The molecule has 3 nitrogen and oxygen atoms in total. The van der Waals surface area contributed by atoms with E-state index >= 15 is 0 Å². The second kappa shape index (κ2) is 7.06. The van der Waals surface area contributed by atoms with E-state index in [9.17, 15) is 4.79 Å². The van der Waals surface area contributed by atoms with Gasteiger partial charge in [-0.1, -0.05) is 34.1 Å². The Kier molecular flexibility index (Phi) is 5.40. The average Bonchev–Trinajstić information content (AvgIpc) is 2.46. The number of likely N-dealkylation sites (N-methyl/N-ethyl adjacent to an activating group) is 1. The van der Waals surface area contributed by atoms with Crippen LogP contribution in [0.2, 0.25) is 0 Å². The molecule has 1 fully saturated rings. The number of hydrogen-bond acceptors (Lipinski definition) is 2. The molecular weight excluding hydrogens is 304 g/mol. The summed E-state index contributed by atoms with van der Waals surface area (Å²) in [7, 11) is 1.91. The quantitative estimate of drug-likeness (QED) is 0.922. The molecule has 4 heteroatoms. The molecule has 1 aliphatic heterocycles. The van der Waals surface area contributed by atoms with E-state index in [-0.39, 0.29) is 11.8 Å². The molecule has 2 rings (SSSR count). The van der Waals surface area contributed by atoms with Crippen LogP contribution < -0.4 is 5.32 Å². The van der Waals surface area contributed by atoms with E-state index in [1.807, 2.05) is 30.1 Å². The third kappa shape index (κ3) is 4.05. The minimum atomic E-state index is 0.165. The summed E-state index contributed by atoms with van der Waals surface area (Å²) in [5.41, 5.74) is 1.25. The second-order valence-corrected chi connectivity index (χ2v) is 6.00. The maximum Gasteiger partial charge on any atom is 0.226 e. The molecule has 19 heavy (non-hydrogen) atoms. The van der Waals surface area contributed by atoms with Gasteiger partial charge in [0.15, 0.2) is 0 Å². The molecule has 104 valence electrons. The second-order valence-electron chi connectivity index (χ2n) is 5.14. The first-order valence-corrected chi connectivity index (χ1v) is 7.67. The number of piperidine rings is 1. The molecule has 1 aliphatic rings. The fraction of sp³-hybridized carbons (Fsp3) is 0.533. The largest absolute Gasteiger partial charge is 0.345 e. The number of nitrogens with one attached hydrogen (secondary N) is 1. The Hall–Kier alpha value is -0.870. The highest BCUT2D eigenvalue weighted by Crippen LogP contribution is 2.17. The summed E-state index contributed by atoms with van der Waals surface area (Å²) in [5, 5.41) is 3.30. The minimum Gasteiger partial charge on any atom is -0.345 e. The monoisotopic (exact) mass is 324 g/mol. The number of carbonyl (C=O) groups excluding carboxylic acids is 1. The van der Waals surface area contributed by atoms with Crippen molar-refractivity contribution < 1.29 is 4.79 Å². The van der Waals surface area contributed by atoms with E-state index in [1.165, 1.54) is 5.56 Å². The van der Waals surface area contributed by atoms with E-state index in [1.54, 1.807) is 0 Å². The third-order valence-electron chi connectivity index (χ3n) is 3.70. The lowest BCUT2D eigenvalue weighted by Crippen LogP contribution is -2.42. The van der Waals surface area contributed by atoms with Crippen molar-refractivity contribution in [2.24, 2.45) is 5.92 Å². The van der Waals surface area contributed by atoms with Gasteiger partial charge in [-0.3, -0.25) is 4.79 Å². The van der Waals surface area contributed by atoms with Crippen molar-refractivity contribution in [2.45, 2.75) is 19.3 Å². The van der Waals surface area contributed by atoms with Gasteiger partial charge in [-0.2, -0.15) is 0 Å². The van der Waals surface area contributed by atoms with E-state index in [0.29, 0.717) is 0 Å². The Bertz CT molecular complexity index is 430. The van der Waals surface area contributed by atoms with Crippen LogP contribution in [0, 0.1) is 5.92 Å². The third-order valence-corrected chi connectivity index (χ3v) is 4.47. The zero-order valence-electron chi connectivity index (χ0n) is 11.4. The van der Waals surface area contributed by atoms with E-state index in [2.05, 4.69) is 27.3 Å². The van der Waals surface area contributed by atoms with Crippen molar-refractivity contribution in [3.63, 3.8) is 0 Å².